The van der Waals surface area contributed by atoms with Crippen molar-refractivity contribution in [1.82, 2.24) is 24.5 Å². The number of hydrogen-bond acceptors (Lipinski definition) is 6. The molecule has 3 N–H and O–H groups in total. The van der Waals surface area contributed by atoms with Crippen LogP contribution in [0.2, 0.25) is 0 Å². The van der Waals surface area contributed by atoms with Gasteiger partial charge in [0.05, 0.1) is 19.0 Å². The molecule has 0 spiro atoms. The molecular weight excluding hydrogens is 322 g/mol. The van der Waals surface area contributed by atoms with Gasteiger partial charge >= 0.3 is 0 Å². The number of carbonyl (C=O) groups excluding carboxylic acids is 1. The molecule has 0 bridgehead atoms. The van der Waals surface area contributed by atoms with E-state index in [0.717, 1.165) is 0 Å². The fourth-order valence-electron chi connectivity index (χ4n) is 3.22. The molecule has 2 aliphatic rings. The summed E-state index contributed by atoms with van der Waals surface area (Å²) in [6.07, 6.45) is 3.14. The zero-order valence-electron chi connectivity index (χ0n) is 12.8. The molecule has 1 saturated carbocycles. The molecule has 2 heterocycles. The van der Waals surface area contributed by atoms with E-state index in [1.54, 1.807) is 11.6 Å². The summed E-state index contributed by atoms with van der Waals surface area (Å²) in [4.78, 5) is 17.2. The number of nitrogens with one attached hydrogen (secondary N) is 2. The minimum atomic E-state index is -3.76. The number of aliphatic hydroxyl groups excluding tert-OH is 1. The highest BCUT2D eigenvalue weighted by atomic mass is 32.2. The van der Waals surface area contributed by atoms with Gasteiger partial charge in [0.2, 0.25) is 5.91 Å². The van der Waals surface area contributed by atoms with Crippen LogP contribution in [0.15, 0.2) is 17.6 Å². The molecule has 3 rings (SSSR count). The molecule has 10 heteroatoms. The molecule has 1 aliphatic carbocycles. The van der Waals surface area contributed by atoms with E-state index in [4.69, 9.17) is 0 Å². The third kappa shape index (κ3) is 3.39. The second-order valence-corrected chi connectivity index (χ2v) is 7.72. The van der Waals surface area contributed by atoms with Crippen LogP contribution in [0.3, 0.4) is 0 Å². The molecule has 3 atom stereocenters. The Morgan fingerprint density at radius 1 is 1.43 bits per heavy atom. The van der Waals surface area contributed by atoms with Crippen LogP contribution in [-0.4, -0.2) is 71.7 Å². The van der Waals surface area contributed by atoms with Crippen LogP contribution in [0, 0.1) is 0 Å². The highest BCUT2D eigenvalue weighted by Gasteiger charge is 2.41. The lowest BCUT2D eigenvalue weighted by atomic mass is 10.1. The highest BCUT2D eigenvalue weighted by molar-refractivity contribution is 7.89. The number of aryl methyl sites for hydroxylation is 1. The van der Waals surface area contributed by atoms with E-state index in [2.05, 4.69) is 15.0 Å². The number of hydrogen-bond donors (Lipinski definition) is 3. The topological polar surface area (TPSA) is 117 Å². The highest BCUT2D eigenvalue weighted by Crippen LogP contribution is 2.26. The molecule has 23 heavy (non-hydrogen) atoms. The minimum absolute atomic E-state index is 0.0620. The lowest BCUT2D eigenvalue weighted by Gasteiger charge is -2.34. The summed E-state index contributed by atoms with van der Waals surface area (Å²) in [5.74, 6) is -0.0685. The molecule has 1 amide bonds. The van der Waals surface area contributed by atoms with E-state index in [9.17, 15) is 18.3 Å². The summed E-state index contributed by atoms with van der Waals surface area (Å²) < 4.78 is 28.7. The average Bonchev–Trinajstić information content (AvgIpc) is 3.07. The molecular formula is C13H21N5O4S. The number of carbonyl (C=O) groups is 1. The molecule has 0 unspecified atom stereocenters. The summed E-state index contributed by atoms with van der Waals surface area (Å²) in [6.45, 7) is 1.45. The van der Waals surface area contributed by atoms with Crippen molar-refractivity contribution in [2.45, 2.75) is 36.1 Å². The smallest absolute Gasteiger partial charge is 0.259 e. The maximum Gasteiger partial charge on any atom is 0.259 e. The van der Waals surface area contributed by atoms with Crippen LogP contribution in [-0.2, 0) is 21.9 Å². The number of sulfonamides is 1. The number of nitrogens with zero attached hydrogens (tertiary/aromatic N) is 3. The molecule has 1 saturated heterocycles. The third-order valence-electron chi connectivity index (χ3n) is 4.38. The van der Waals surface area contributed by atoms with E-state index in [1.165, 1.54) is 12.5 Å². The van der Waals surface area contributed by atoms with Gasteiger partial charge in [0.25, 0.3) is 10.0 Å². The Balaban J connectivity index is 1.67. The molecule has 128 valence electrons. The standard InChI is InChI=1S/C13H21N5O4S/c1-17-7-12(15-8-17)23(21,22)16-9-2-3-10(13(9)20)18-5-4-14-11(19)6-18/h7-10,13,16,20H,2-6H2,1H3,(H,14,19)/t9-,10-,13-/m1/s1. The zero-order chi connectivity index (χ0) is 16.6. The lowest BCUT2D eigenvalue weighted by Crippen LogP contribution is -2.55. The quantitative estimate of drug-likeness (QED) is 0.583. The van der Waals surface area contributed by atoms with Crippen LogP contribution in [0.25, 0.3) is 0 Å². The first-order chi connectivity index (χ1) is 10.9. The number of imidazole rings is 1. The Morgan fingerprint density at radius 3 is 2.87 bits per heavy atom. The molecule has 1 aromatic rings. The maximum atomic E-state index is 12.3. The summed E-state index contributed by atoms with van der Waals surface area (Å²) >= 11 is 0. The van der Waals surface area contributed by atoms with Crippen LogP contribution in [0.4, 0.5) is 0 Å². The number of piperazine rings is 1. The van der Waals surface area contributed by atoms with Gasteiger partial charge in [-0.1, -0.05) is 0 Å². The van der Waals surface area contributed by atoms with Gasteiger partial charge in [-0.15, -0.1) is 0 Å². The number of rotatable bonds is 4. The summed E-state index contributed by atoms with van der Waals surface area (Å²) in [6, 6.07) is -0.783. The SMILES string of the molecule is Cn1cnc(S(=O)(=O)N[C@@H]2CC[C@@H](N3CCNC(=O)C3)[C@@H]2O)c1. The van der Waals surface area contributed by atoms with Crippen molar-refractivity contribution in [3.05, 3.63) is 12.5 Å². The van der Waals surface area contributed by atoms with Crippen LogP contribution in [0.5, 0.6) is 0 Å². The first kappa shape index (κ1) is 16.4. The van der Waals surface area contributed by atoms with E-state index in [-0.39, 0.29) is 23.5 Å². The summed E-state index contributed by atoms with van der Waals surface area (Å²) in [7, 11) is -2.07. The molecule has 1 aromatic heterocycles. The van der Waals surface area contributed by atoms with Crippen molar-refractivity contribution in [3.8, 4) is 0 Å². The molecule has 0 radical (unpaired) electrons. The summed E-state index contributed by atoms with van der Waals surface area (Å²) in [5, 5.41) is 13.2. The van der Waals surface area contributed by atoms with Crippen molar-refractivity contribution < 1.29 is 18.3 Å². The van der Waals surface area contributed by atoms with Gasteiger partial charge in [-0.25, -0.2) is 18.1 Å². The number of amides is 1. The average molecular weight is 343 g/mol. The van der Waals surface area contributed by atoms with Gasteiger partial charge in [-0.05, 0) is 12.8 Å². The second-order valence-electron chi connectivity index (χ2n) is 6.06. The Kier molecular flexibility index (Phi) is 4.41. The largest absolute Gasteiger partial charge is 0.390 e. The zero-order valence-corrected chi connectivity index (χ0v) is 13.7. The maximum absolute atomic E-state index is 12.3. The van der Waals surface area contributed by atoms with E-state index in [0.29, 0.717) is 25.9 Å². The van der Waals surface area contributed by atoms with Crippen molar-refractivity contribution in [1.29, 1.82) is 0 Å². The van der Waals surface area contributed by atoms with E-state index >= 15 is 0 Å². The monoisotopic (exact) mass is 343 g/mol. The van der Waals surface area contributed by atoms with Crippen molar-refractivity contribution in [2.75, 3.05) is 19.6 Å². The normalized spacial score (nSPS) is 29.7. The Labute approximate surface area is 134 Å². The van der Waals surface area contributed by atoms with Gasteiger partial charge in [-0.2, -0.15) is 0 Å². The van der Waals surface area contributed by atoms with Gasteiger partial charge in [0, 0.05) is 38.4 Å². The molecule has 1 aliphatic heterocycles. The Bertz CT molecular complexity index is 688. The predicted molar refractivity (Wildman–Crippen MR) is 80.9 cm³/mol. The van der Waals surface area contributed by atoms with Crippen molar-refractivity contribution in [3.63, 3.8) is 0 Å². The van der Waals surface area contributed by atoms with E-state index < -0.39 is 22.2 Å². The first-order valence-electron chi connectivity index (χ1n) is 7.56. The fraction of sp³-hybridized carbons (Fsp3) is 0.692. The van der Waals surface area contributed by atoms with Crippen LogP contribution < -0.4 is 10.0 Å². The number of aliphatic hydroxyl groups is 1. The summed E-state index contributed by atoms with van der Waals surface area (Å²) in [5.41, 5.74) is 0. The van der Waals surface area contributed by atoms with Gasteiger partial charge in [-0.3, -0.25) is 9.69 Å². The van der Waals surface area contributed by atoms with Crippen molar-refractivity contribution >= 4 is 15.9 Å². The Morgan fingerprint density at radius 2 is 2.22 bits per heavy atom. The minimum Gasteiger partial charge on any atom is -0.390 e. The third-order valence-corrected chi connectivity index (χ3v) is 5.75. The second kappa shape index (κ2) is 6.19. The molecule has 0 aromatic carbocycles. The fourth-order valence-corrected chi connectivity index (χ4v) is 4.48. The van der Waals surface area contributed by atoms with Gasteiger partial charge in [0.15, 0.2) is 5.03 Å². The van der Waals surface area contributed by atoms with Crippen LogP contribution >= 0.6 is 0 Å². The van der Waals surface area contributed by atoms with Gasteiger partial charge in [0.1, 0.15) is 0 Å². The first-order valence-corrected chi connectivity index (χ1v) is 9.04. The van der Waals surface area contributed by atoms with Gasteiger partial charge < -0.3 is 15.0 Å². The lowest BCUT2D eigenvalue weighted by molar-refractivity contribution is -0.125. The number of aromatic nitrogens is 2. The van der Waals surface area contributed by atoms with Crippen molar-refractivity contribution in [2.24, 2.45) is 7.05 Å². The molecule has 2 fully saturated rings. The van der Waals surface area contributed by atoms with Crippen LogP contribution in [0.1, 0.15) is 12.8 Å². The molecule has 9 nitrogen and oxygen atoms in total. The Hall–Kier alpha value is -1.49. The predicted octanol–water partition coefficient (Wildman–Crippen LogP) is -1.98. The van der Waals surface area contributed by atoms with E-state index in [1.807, 2.05) is 4.90 Å².